The molecule has 0 aliphatic carbocycles. The molecule has 1 aromatic carbocycles. The van der Waals surface area contributed by atoms with E-state index in [2.05, 4.69) is 12.2 Å². The summed E-state index contributed by atoms with van der Waals surface area (Å²) in [6.07, 6.45) is 4.11. The molecule has 0 radical (unpaired) electrons. The Bertz CT molecular complexity index is 680. The molecule has 0 unspecified atom stereocenters. The van der Waals surface area contributed by atoms with Gasteiger partial charge in [0.25, 0.3) is 0 Å². The fourth-order valence-electron chi connectivity index (χ4n) is 3.10. The summed E-state index contributed by atoms with van der Waals surface area (Å²) in [5.41, 5.74) is 1.03. The number of unbranched alkanes of at least 4 members (excludes halogenated alkanes) is 1. The average molecular weight is 397 g/mol. The van der Waals surface area contributed by atoms with Gasteiger partial charge in [0.05, 0.1) is 4.90 Å². The molecule has 1 amide bonds. The lowest BCUT2D eigenvalue weighted by molar-refractivity contribution is -0.126. The fourth-order valence-corrected chi connectivity index (χ4v) is 4.57. The minimum Gasteiger partial charge on any atom is -0.381 e. The smallest absolute Gasteiger partial charge is 0.243 e. The van der Waals surface area contributed by atoms with Crippen LogP contribution >= 0.6 is 0 Å². The lowest BCUT2D eigenvalue weighted by Gasteiger charge is -2.30. The van der Waals surface area contributed by atoms with Crippen molar-refractivity contribution >= 4 is 15.9 Å². The van der Waals surface area contributed by atoms with Gasteiger partial charge in [-0.05, 0) is 44.7 Å². The third-order valence-electron chi connectivity index (χ3n) is 4.89. The first-order chi connectivity index (χ1) is 12.9. The van der Waals surface area contributed by atoms with E-state index >= 15 is 0 Å². The number of hydrogen-bond donors (Lipinski definition) is 1. The number of aryl methyl sites for hydroxylation is 1. The SMILES string of the molecule is CCCCOCCCNC(=O)C1CCN(S(=O)(=O)c2ccc(C)cc2)CC1. The number of hydrogen-bond acceptors (Lipinski definition) is 4. The van der Waals surface area contributed by atoms with Gasteiger partial charge in [0.2, 0.25) is 15.9 Å². The van der Waals surface area contributed by atoms with Gasteiger partial charge in [-0.25, -0.2) is 8.42 Å². The van der Waals surface area contributed by atoms with Crippen LogP contribution in [0.25, 0.3) is 0 Å². The van der Waals surface area contributed by atoms with Gasteiger partial charge in [-0.1, -0.05) is 31.0 Å². The summed E-state index contributed by atoms with van der Waals surface area (Å²) >= 11 is 0. The summed E-state index contributed by atoms with van der Waals surface area (Å²) in [5, 5.41) is 2.95. The lowest BCUT2D eigenvalue weighted by atomic mass is 9.97. The van der Waals surface area contributed by atoms with Crippen LogP contribution in [0.1, 0.15) is 44.6 Å². The van der Waals surface area contributed by atoms with E-state index in [1.165, 1.54) is 4.31 Å². The van der Waals surface area contributed by atoms with Gasteiger partial charge in [0.15, 0.2) is 0 Å². The average Bonchev–Trinajstić information content (AvgIpc) is 2.67. The molecule has 1 aromatic rings. The molecule has 0 spiro atoms. The molecule has 27 heavy (non-hydrogen) atoms. The van der Waals surface area contributed by atoms with E-state index in [-0.39, 0.29) is 11.8 Å². The van der Waals surface area contributed by atoms with Crippen LogP contribution in [0.3, 0.4) is 0 Å². The molecular weight excluding hydrogens is 364 g/mol. The second kappa shape index (κ2) is 10.8. The maximum absolute atomic E-state index is 12.7. The molecule has 0 saturated carbocycles. The van der Waals surface area contributed by atoms with Gasteiger partial charge in [-0.15, -0.1) is 0 Å². The number of nitrogens with zero attached hydrogens (tertiary/aromatic N) is 1. The summed E-state index contributed by atoms with van der Waals surface area (Å²) in [6.45, 7) is 6.86. The summed E-state index contributed by atoms with van der Waals surface area (Å²) in [6, 6.07) is 6.90. The quantitative estimate of drug-likeness (QED) is 0.617. The van der Waals surface area contributed by atoms with Gasteiger partial charge >= 0.3 is 0 Å². The Morgan fingerprint density at radius 1 is 1.15 bits per heavy atom. The Balaban J connectivity index is 1.73. The number of ether oxygens (including phenoxy) is 1. The highest BCUT2D eigenvalue weighted by molar-refractivity contribution is 7.89. The van der Waals surface area contributed by atoms with Crippen LogP contribution in [-0.2, 0) is 19.6 Å². The zero-order valence-electron chi connectivity index (χ0n) is 16.4. The number of piperidine rings is 1. The van der Waals surface area contributed by atoms with E-state index in [9.17, 15) is 13.2 Å². The van der Waals surface area contributed by atoms with E-state index < -0.39 is 10.0 Å². The second-order valence-electron chi connectivity index (χ2n) is 7.10. The standard InChI is InChI=1S/C20H32N2O4S/c1-3-4-15-26-16-5-12-21-20(23)18-10-13-22(14-11-18)27(24,25)19-8-6-17(2)7-9-19/h6-9,18H,3-5,10-16H2,1-2H3,(H,21,23). The van der Waals surface area contributed by atoms with E-state index in [1.54, 1.807) is 24.3 Å². The molecule has 1 heterocycles. The van der Waals surface area contributed by atoms with E-state index in [4.69, 9.17) is 4.74 Å². The van der Waals surface area contributed by atoms with Crippen LogP contribution in [-0.4, -0.2) is 51.5 Å². The molecule has 1 N–H and O–H groups in total. The Hall–Kier alpha value is -1.44. The molecule has 152 valence electrons. The Labute approximate surface area is 163 Å². The lowest BCUT2D eigenvalue weighted by Crippen LogP contribution is -2.43. The van der Waals surface area contributed by atoms with Crippen molar-refractivity contribution in [1.29, 1.82) is 0 Å². The van der Waals surface area contributed by atoms with Crippen molar-refractivity contribution in [3.8, 4) is 0 Å². The summed E-state index contributed by atoms with van der Waals surface area (Å²) < 4.78 is 32.4. The number of benzene rings is 1. The van der Waals surface area contributed by atoms with Gasteiger partial charge in [0.1, 0.15) is 0 Å². The normalized spacial score (nSPS) is 16.4. The molecule has 1 aliphatic rings. The van der Waals surface area contributed by atoms with Crippen molar-refractivity contribution in [3.05, 3.63) is 29.8 Å². The highest BCUT2D eigenvalue weighted by atomic mass is 32.2. The fraction of sp³-hybridized carbons (Fsp3) is 0.650. The zero-order valence-corrected chi connectivity index (χ0v) is 17.3. The van der Waals surface area contributed by atoms with Crippen LogP contribution in [0, 0.1) is 12.8 Å². The molecule has 7 heteroatoms. The molecule has 2 rings (SSSR count). The van der Waals surface area contributed by atoms with Crippen molar-refractivity contribution in [1.82, 2.24) is 9.62 Å². The van der Waals surface area contributed by atoms with Crippen molar-refractivity contribution in [3.63, 3.8) is 0 Å². The predicted octanol–water partition coefficient (Wildman–Crippen LogP) is 2.72. The molecule has 1 aliphatic heterocycles. The number of sulfonamides is 1. The number of nitrogens with one attached hydrogen (secondary N) is 1. The number of rotatable bonds is 10. The maximum Gasteiger partial charge on any atom is 0.243 e. The van der Waals surface area contributed by atoms with Crippen molar-refractivity contribution in [2.75, 3.05) is 32.8 Å². The van der Waals surface area contributed by atoms with Crippen molar-refractivity contribution < 1.29 is 17.9 Å². The monoisotopic (exact) mass is 396 g/mol. The van der Waals surface area contributed by atoms with Crippen molar-refractivity contribution in [2.45, 2.75) is 50.8 Å². The molecule has 1 fully saturated rings. The van der Waals surface area contributed by atoms with Crippen LogP contribution in [0.15, 0.2) is 29.2 Å². The Kier molecular flexibility index (Phi) is 8.73. The minimum absolute atomic E-state index is 0.0240. The molecule has 0 atom stereocenters. The molecular formula is C20H32N2O4S. The van der Waals surface area contributed by atoms with Crippen LogP contribution < -0.4 is 5.32 Å². The minimum atomic E-state index is -3.47. The first-order valence-corrected chi connectivity index (χ1v) is 11.3. The molecule has 6 nitrogen and oxygen atoms in total. The largest absolute Gasteiger partial charge is 0.381 e. The third kappa shape index (κ3) is 6.59. The number of amides is 1. The number of carbonyl (C=O) groups is 1. The predicted molar refractivity (Wildman–Crippen MR) is 106 cm³/mol. The van der Waals surface area contributed by atoms with Gasteiger partial charge in [0, 0.05) is 38.8 Å². The Morgan fingerprint density at radius 2 is 1.78 bits per heavy atom. The topological polar surface area (TPSA) is 75.7 Å². The highest BCUT2D eigenvalue weighted by Gasteiger charge is 2.31. The first-order valence-electron chi connectivity index (χ1n) is 9.87. The van der Waals surface area contributed by atoms with Gasteiger partial charge in [-0.2, -0.15) is 4.31 Å². The van der Waals surface area contributed by atoms with Crippen molar-refractivity contribution in [2.24, 2.45) is 5.92 Å². The van der Waals surface area contributed by atoms with Crippen LogP contribution in [0.4, 0.5) is 0 Å². The van der Waals surface area contributed by atoms with E-state index in [0.29, 0.717) is 44.0 Å². The van der Waals surface area contributed by atoms with E-state index in [0.717, 1.165) is 31.4 Å². The Morgan fingerprint density at radius 3 is 2.41 bits per heavy atom. The molecule has 0 aromatic heterocycles. The van der Waals surface area contributed by atoms with Crippen LogP contribution in [0.5, 0.6) is 0 Å². The summed E-state index contributed by atoms with van der Waals surface area (Å²) in [7, 11) is -3.47. The first kappa shape index (κ1) is 21.9. The van der Waals surface area contributed by atoms with E-state index in [1.807, 2.05) is 6.92 Å². The summed E-state index contributed by atoms with van der Waals surface area (Å²) in [5.74, 6) is -0.0913. The zero-order chi connectivity index (χ0) is 19.7. The molecule has 1 saturated heterocycles. The van der Waals surface area contributed by atoms with Gasteiger partial charge in [-0.3, -0.25) is 4.79 Å². The van der Waals surface area contributed by atoms with Crippen LogP contribution in [0.2, 0.25) is 0 Å². The maximum atomic E-state index is 12.7. The second-order valence-corrected chi connectivity index (χ2v) is 9.04. The highest BCUT2D eigenvalue weighted by Crippen LogP contribution is 2.24. The third-order valence-corrected chi connectivity index (χ3v) is 6.80. The van der Waals surface area contributed by atoms with Gasteiger partial charge < -0.3 is 10.1 Å². The summed E-state index contributed by atoms with van der Waals surface area (Å²) in [4.78, 5) is 12.6. The molecule has 0 bridgehead atoms. The number of carbonyl (C=O) groups excluding carboxylic acids is 1.